The second-order valence-electron chi connectivity index (χ2n) is 7.47. The molecule has 1 aliphatic rings. The Morgan fingerprint density at radius 3 is 2.30 bits per heavy atom. The average molecular weight is 404 g/mol. The summed E-state index contributed by atoms with van der Waals surface area (Å²) in [5.41, 5.74) is 7.84. The van der Waals surface area contributed by atoms with Gasteiger partial charge in [0.05, 0.1) is 4.92 Å². The van der Waals surface area contributed by atoms with Crippen molar-refractivity contribution < 1.29 is 4.92 Å². The van der Waals surface area contributed by atoms with Crippen LogP contribution in [0.3, 0.4) is 0 Å². The highest BCUT2D eigenvalue weighted by Crippen LogP contribution is 2.35. The molecule has 0 unspecified atom stereocenters. The first-order valence-corrected chi connectivity index (χ1v) is 10.0. The monoisotopic (exact) mass is 404 g/mol. The van der Waals surface area contributed by atoms with Gasteiger partial charge >= 0.3 is 5.69 Å². The van der Waals surface area contributed by atoms with Gasteiger partial charge in [0.15, 0.2) is 0 Å². The van der Waals surface area contributed by atoms with E-state index in [1.165, 1.54) is 5.56 Å². The smallest absolute Gasteiger partial charge is 0.353 e. The topological polar surface area (TPSA) is 110 Å². The predicted molar refractivity (Wildman–Crippen MR) is 118 cm³/mol. The van der Waals surface area contributed by atoms with Gasteiger partial charge in [-0.3, -0.25) is 10.1 Å². The lowest BCUT2D eigenvalue weighted by Crippen LogP contribution is -2.35. The lowest BCUT2D eigenvalue weighted by molar-refractivity contribution is -0.383. The van der Waals surface area contributed by atoms with Crippen molar-refractivity contribution in [3.8, 4) is 0 Å². The van der Waals surface area contributed by atoms with Crippen molar-refractivity contribution in [2.45, 2.75) is 19.3 Å². The Kier molecular flexibility index (Phi) is 5.74. The van der Waals surface area contributed by atoms with Gasteiger partial charge in [0.2, 0.25) is 17.6 Å². The van der Waals surface area contributed by atoms with Crippen LogP contribution in [0.1, 0.15) is 18.4 Å². The van der Waals surface area contributed by atoms with Gasteiger partial charge < -0.3 is 16.0 Å². The quantitative estimate of drug-likeness (QED) is 0.468. The maximum Gasteiger partial charge on any atom is 0.353 e. The zero-order valence-electron chi connectivity index (χ0n) is 16.6. The molecule has 1 fully saturated rings. The Morgan fingerprint density at radius 1 is 1.03 bits per heavy atom. The Balaban J connectivity index is 1.53. The highest BCUT2D eigenvalue weighted by atomic mass is 16.6. The number of benzene rings is 2. The molecule has 0 aliphatic carbocycles. The molecule has 8 nitrogen and oxygen atoms in total. The van der Waals surface area contributed by atoms with Crippen LogP contribution in [0.15, 0.2) is 60.7 Å². The number of nitrogens with two attached hydrogens (primary N) is 1. The molecule has 0 saturated carbocycles. The van der Waals surface area contributed by atoms with Gasteiger partial charge in [-0.05, 0) is 42.9 Å². The molecule has 0 amide bonds. The number of para-hydroxylation sites is 1. The predicted octanol–water partition coefficient (Wildman–Crippen LogP) is 4.17. The molecular weight excluding hydrogens is 380 g/mol. The number of nitrogens with zero attached hydrogens (tertiary/aromatic N) is 4. The fourth-order valence-electron chi connectivity index (χ4n) is 3.86. The minimum absolute atomic E-state index is 0.130. The summed E-state index contributed by atoms with van der Waals surface area (Å²) in [5, 5.41) is 14.7. The summed E-state index contributed by atoms with van der Waals surface area (Å²) < 4.78 is 0. The van der Waals surface area contributed by atoms with Crippen LogP contribution in [-0.2, 0) is 6.42 Å². The summed E-state index contributed by atoms with van der Waals surface area (Å²) in [4.78, 5) is 21.7. The molecule has 154 valence electrons. The Morgan fingerprint density at radius 2 is 1.67 bits per heavy atom. The molecule has 0 bridgehead atoms. The first-order chi connectivity index (χ1) is 14.6. The Labute approximate surface area is 174 Å². The van der Waals surface area contributed by atoms with Crippen LogP contribution in [0.25, 0.3) is 0 Å². The van der Waals surface area contributed by atoms with Crippen LogP contribution in [0.4, 0.5) is 29.0 Å². The van der Waals surface area contributed by atoms with Crippen molar-refractivity contribution in [1.29, 1.82) is 0 Å². The van der Waals surface area contributed by atoms with Crippen molar-refractivity contribution in [3.63, 3.8) is 0 Å². The normalized spacial score (nSPS) is 14.5. The van der Waals surface area contributed by atoms with Crippen LogP contribution in [0, 0.1) is 16.0 Å². The molecule has 8 heteroatoms. The van der Waals surface area contributed by atoms with E-state index >= 15 is 0 Å². The largest absolute Gasteiger partial charge is 0.378 e. The van der Waals surface area contributed by atoms with E-state index in [-0.39, 0.29) is 23.3 Å². The van der Waals surface area contributed by atoms with Gasteiger partial charge in [-0.15, -0.1) is 0 Å². The summed E-state index contributed by atoms with van der Waals surface area (Å²) >= 11 is 0. The van der Waals surface area contributed by atoms with Gasteiger partial charge in [-0.1, -0.05) is 48.5 Å². The Bertz CT molecular complexity index is 1000. The third-order valence-electron chi connectivity index (χ3n) is 5.39. The molecule has 1 aliphatic heterocycles. The fourth-order valence-corrected chi connectivity index (χ4v) is 3.86. The molecule has 0 radical (unpaired) electrons. The lowest BCUT2D eigenvalue weighted by Gasteiger charge is -2.32. The number of hydrogen-bond donors (Lipinski definition) is 2. The van der Waals surface area contributed by atoms with Crippen LogP contribution >= 0.6 is 0 Å². The molecule has 0 spiro atoms. The molecule has 3 aromatic rings. The van der Waals surface area contributed by atoms with Gasteiger partial charge in [0, 0.05) is 18.8 Å². The zero-order valence-corrected chi connectivity index (χ0v) is 16.6. The summed E-state index contributed by atoms with van der Waals surface area (Å²) in [6.07, 6.45) is 2.90. The molecule has 2 heterocycles. The minimum Gasteiger partial charge on any atom is -0.378 e. The molecule has 30 heavy (non-hydrogen) atoms. The molecule has 1 saturated heterocycles. The number of rotatable bonds is 6. The van der Waals surface area contributed by atoms with Crippen molar-refractivity contribution >= 4 is 29.0 Å². The first kappa shape index (κ1) is 19.6. The zero-order chi connectivity index (χ0) is 20.9. The summed E-state index contributed by atoms with van der Waals surface area (Å²) in [6, 6.07) is 19.8. The van der Waals surface area contributed by atoms with Crippen molar-refractivity contribution in [2.75, 3.05) is 29.0 Å². The molecule has 0 atom stereocenters. The maximum atomic E-state index is 11.7. The number of nitrogens with one attached hydrogen (secondary N) is 1. The minimum atomic E-state index is -0.493. The van der Waals surface area contributed by atoms with Crippen LogP contribution in [0.2, 0.25) is 0 Å². The SMILES string of the molecule is Nc1nc(Nc2ccccc2)nc(N2CCC(Cc3ccccc3)CC2)c1[N+](=O)[O-]. The van der Waals surface area contributed by atoms with E-state index in [9.17, 15) is 10.1 Å². The highest BCUT2D eigenvalue weighted by molar-refractivity contribution is 5.72. The van der Waals surface area contributed by atoms with Crippen LogP contribution in [-0.4, -0.2) is 28.0 Å². The first-order valence-electron chi connectivity index (χ1n) is 10.0. The molecular formula is C22H24N6O2. The van der Waals surface area contributed by atoms with E-state index in [0.29, 0.717) is 19.0 Å². The number of hydrogen-bond acceptors (Lipinski definition) is 7. The van der Waals surface area contributed by atoms with E-state index in [4.69, 9.17) is 5.73 Å². The van der Waals surface area contributed by atoms with E-state index in [1.807, 2.05) is 41.3 Å². The maximum absolute atomic E-state index is 11.7. The molecule has 1 aromatic heterocycles. The van der Waals surface area contributed by atoms with Crippen molar-refractivity contribution in [3.05, 3.63) is 76.3 Å². The number of aromatic nitrogens is 2. The van der Waals surface area contributed by atoms with Crippen molar-refractivity contribution in [2.24, 2.45) is 5.92 Å². The number of nitro groups is 1. The third-order valence-corrected chi connectivity index (χ3v) is 5.39. The van der Waals surface area contributed by atoms with Gasteiger partial charge in [0.25, 0.3) is 0 Å². The van der Waals surface area contributed by atoms with E-state index in [2.05, 4.69) is 39.6 Å². The second kappa shape index (κ2) is 8.77. The number of piperidine rings is 1. The van der Waals surface area contributed by atoms with Crippen molar-refractivity contribution in [1.82, 2.24) is 9.97 Å². The van der Waals surface area contributed by atoms with Crippen LogP contribution < -0.4 is 16.0 Å². The van der Waals surface area contributed by atoms with Gasteiger partial charge in [0.1, 0.15) is 0 Å². The van der Waals surface area contributed by atoms with Gasteiger partial charge in [-0.2, -0.15) is 9.97 Å². The van der Waals surface area contributed by atoms with Gasteiger partial charge in [-0.25, -0.2) is 0 Å². The second-order valence-corrected chi connectivity index (χ2v) is 7.47. The van der Waals surface area contributed by atoms with Crippen LogP contribution in [0.5, 0.6) is 0 Å². The summed E-state index contributed by atoms with van der Waals surface area (Å²) in [7, 11) is 0. The van der Waals surface area contributed by atoms with E-state index < -0.39 is 4.92 Å². The van der Waals surface area contributed by atoms with E-state index in [1.54, 1.807) is 0 Å². The third kappa shape index (κ3) is 4.48. The molecule has 3 N–H and O–H groups in total. The Hall–Kier alpha value is -3.68. The summed E-state index contributed by atoms with van der Waals surface area (Å²) in [6.45, 7) is 1.39. The highest BCUT2D eigenvalue weighted by Gasteiger charge is 2.30. The average Bonchev–Trinajstić information content (AvgIpc) is 2.75. The molecule has 2 aromatic carbocycles. The number of nitrogen functional groups attached to an aromatic ring is 1. The summed E-state index contributed by atoms with van der Waals surface area (Å²) in [5.74, 6) is 0.952. The van der Waals surface area contributed by atoms with E-state index in [0.717, 1.165) is 24.9 Å². The number of anilines is 4. The molecule has 4 rings (SSSR count). The lowest BCUT2D eigenvalue weighted by atomic mass is 9.90. The fraction of sp³-hybridized carbons (Fsp3) is 0.273. The standard InChI is InChI=1S/C22H24N6O2/c23-20-19(28(29)30)21(26-22(25-20)24-18-9-5-2-6-10-18)27-13-11-17(12-14-27)15-16-7-3-1-4-8-16/h1-10,17H,11-15H2,(H3,23,24,25,26).